The number of rotatable bonds is 3. The predicted octanol–water partition coefficient (Wildman–Crippen LogP) is 0.0183. The van der Waals surface area contributed by atoms with Crippen molar-refractivity contribution in [3.63, 3.8) is 0 Å². The van der Waals surface area contributed by atoms with Gasteiger partial charge in [0.05, 0.1) is 6.10 Å². The second-order valence-corrected chi connectivity index (χ2v) is 2.42. The summed E-state index contributed by atoms with van der Waals surface area (Å²) in [6.45, 7) is 3.42. The molecular weight excluding hydrogens is 148 g/mol. The number of hydrogen-bond donors (Lipinski definition) is 1. The Hall–Kier alpha value is 1.57. The van der Waals surface area contributed by atoms with E-state index in [0.29, 0.717) is 0 Å². The molecular formula is C5H13CaOS. The van der Waals surface area contributed by atoms with E-state index in [4.69, 9.17) is 5.11 Å². The third-order valence-electron chi connectivity index (χ3n) is 0.655. The predicted molar refractivity (Wildman–Crippen MR) is 42.9 cm³/mol. The fraction of sp³-hybridized carbons (Fsp3) is 0.800. The minimum absolute atomic E-state index is 0. The average Bonchev–Trinajstić information content (AvgIpc) is 1.61. The molecule has 0 amide bonds. The first-order chi connectivity index (χ1) is 3.27. The molecule has 3 heteroatoms. The van der Waals surface area contributed by atoms with Crippen LogP contribution in [0.2, 0.25) is 0 Å². The van der Waals surface area contributed by atoms with E-state index in [1.807, 2.05) is 6.26 Å². The van der Waals surface area contributed by atoms with Crippen molar-refractivity contribution in [3.8, 4) is 0 Å². The van der Waals surface area contributed by atoms with Crippen LogP contribution in [0.25, 0.3) is 0 Å². The van der Waals surface area contributed by atoms with Crippen LogP contribution in [0.5, 0.6) is 0 Å². The summed E-state index contributed by atoms with van der Waals surface area (Å²) in [5, 5.41) is 8.56. The van der Waals surface area contributed by atoms with Gasteiger partial charge in [0, 0.05) is 0 Å². The van der Waals surface area contributed by atoms with Crippen LogP contribution in [-0.2, 0) is 0 Å². The van der Waals surface area contributed by atoms with Gasteiger partial charge >= 0.3 is 37.7 Å². The van der Waals surface area contributed by atoms with Crippen molar-refractivity contribution in [2.24, 2.45) is 0 Å². The molecule has 1 N–H and O–H groups in total. The Bertz CT molecular complexity index is 41.4. The molecule has 1 atom stereocenters. The SMILES string of the molecule is [CH2]C(O)CCSC.[CaH2]. The van der Waals surface area contributed by atoms with E-state index in [2.05, 4.69) is 6.92 Å². The molecule has 0 aromatic rings. The number of thioether (sulfide) groups is 1. The molecule has 0 rings (SSSR count). The van der Waals surface area contributed by atoms with E-state index in [9.17, 15) is 0 Å². The first-order valence-corrected chi connectivity index (χ1v) is 3.67. The second kappa shape index (κ2) is 8.57. The zero-order valence-corrected chi connectivity index (χ0v) is 5.37. The summed E-state index contributed by atoms with van der Waals surface area (Å²) in [6.07, 6.45) is 2.45. The van der Waals surface area contributed by atoms with Crippen molar-refractivity contribution in [2.75, 3.05) is 12.0 Å². The number of hydrogen-bond acceptors (Lipinski definition) is 2. The van der Waals surface area contributed by atoms with Gasteiger partial charge in [-0.1, -0.05) is 0 Å². The van der Waals surface area contributed by atoms with Crippen LogP contribution < -0.4 is 0 Å². The van der Waals surface area contributed by atoms with Gasteiger partial charge in [-0.2, -0.15) is 11.8 Å². The van der Waals surface area contributed by atoms with E-state index in [-0.39, 0.29) is 43.8 Å². The molecule has 0 aliphatic carbocycles. The molecule has 0 aliphatic rings. The maximum atomic E-state index is 8.56. The molecule has 0 heterocycles. The quantitative estimate of drug-likeness (QED) is 0.589. The monoisotopic (exact) mass is 161 g/mol. The molecule has 1 radical (unpaired) electrons. The van der Waals surface area contributed by atoms with E-state index >= 15 is 0 Å². The third kappa shape index (κ3) is 10.5. The standard InChI is InChI=1S/C5H11OS.Ca.2H/c1-5(6)3-4-7-2;;;/h5-6H,1,3-4H2,2H3;;;. The molecule has 8 heavy (non-hydrogen) atoms. The number of aliphatic hydroxyl groups excluding tert-OH is 1. The summed E-state index contributed by atoms with van der Waals surface area (Å²) < 4.78 is 0. The van der Waals surface area contributed by atoms with Crippen molar-refractivity contribution in [2.45, 2.75) is 12.5 Å². The maximum absolute atomic E-state index is 8.56. The van der Waals surface area contributed by atoms with Crippen LogP contribution in [0.4, 0.5) is 0 Å². The summed E-state index contributed by atoms with van der Waals surface area (Å²) in [7, 11) is 0. The van der Waals surface area contributed by atoms with Gasteiger partial charge in [0.2, 0.25) is 0 Å². The van der Waals surface area contributed by atoms with Crippen molar-refractivity contribution in [1.82, 2.24) is 0 Å². The van der Waals surface area contributed by atoms with Crippen LogP contribution >= 0.6 is 11.8 Å². The summed E-state index contributed by atoms with van der Waals surface area (Å²) in [5.41, 5.74) is 0. The molecule has 0 aromatic heterocycles. The van der Waals surface area contributed by atoms with Crippen LogP contribution in [0.15, 0.2) is 0 Å². The summed E-state index contributed by atoms with van der Waals surface area (Å²) in [4.78, 5) is 0. The van der Waals surface area contributed by atoms with Crippen molar-refractivity contribution >= 4 is 49.5 Å². The molecule has 0 saturated carbocycles. The van der Waals surface area contributed by atoms with Gasteiger partial charge in [0.15, 0.2) is 0 Å². The first kappa shape index (κ1) is 12.3. The molecule has 47 valence electrons. The molecule has 0 aromatic carbocycles. The Kier molecular flexibility index (Phi) is 13.1. The van der Waals surface area contributed by atoms with Gasteiger partial charge in [-0.3, -0.25) is 0 Å². The normalized spacial score (nSPS) is 12.4. The van der Waals surface area contributed by atoms with Gasteiger partial charge in [-0.05, 0) is 25.4 Å². The molecule has 1 nitrogen and oxygen atoms in total. The summed E-state index contributed by atoms with van der Waals surface area (Å²) in [5.74, 6) is 1.00. The second-order valence-electron chi connectivity index (χ2n) is 1.44. The zero-order valence-electron chi connectivity index (χ0n) is 4.55. The minimum atomic E-state index is -0.368. The average molecular weight is 161 g/mol. The topological polar surface area (TPSA) is 20.2 Å². The molecule has 0 saturated heterocycles. The molecule has 0 bridgehead atoms. The van der Waals surface area contributed by atoms with E-state index in [0.717, 1.165) is 12.2 Å². The van der Waals surface area contributed by atoms with Crippen molar-refractivity contribution < 1.29 is 5.11 Å². The third-order valence-corrected chi connectivity index (χ3v) is 1.30. The van der Waals surface area contributed by atoms with E-state index in [1.54, 1.807) is 11.8 Å². The van der Waals surface area contributed by atoms with Gasteiger partial charge in [0.1, 0.15) is 0 Å². The first-order valence-electron chi connectivity index (χ1n) is 2.27. The molecule has 1 unspecified atom stereocenters. The van der Waals surface area contributed by atoms with Crippen molar-refractivity contribution in [3.05, 3.63) is 6.92 Å². The van der Waals surface area contributed by atoms with E-state index in [1.165, 1.54) is 0 Å². The van der Waals surface area contributed by atoms with Crippen LogP contribution in [-0.4, -0.2) is 61.0 Å². The Labute approximate surface area is 85.2 Å². The van der Waals surface area contributed by atoms with Crippen molar-refractivity contribution in [1.29, 1.82) is 0 Å². The Morgan fingerprint density at radius 2 is 2.25 bits per heavy atom. The molecule has 0 fully saturated rings. The summed E-state index contributed by atoms with van der Waals surface area (Å²) in [6, 6.07) is 0. The Morgan fingerprint density at radius 3 is 2.38 bits per heavy atom. The molecule has 0 spiro atoms. The van der Waals surface area contributed by atoms with Crippen LogP contribution in [0.3, 0.4) is 0 Å². The van der Waals surface area contributed by atoms with E-state index < -0.39 is 0 Å². The molecule has 0 aliphatic heterocycles. The Balaban J connectivity index is 0. The van der Waals surface area contributed by atoms with Crippen LogP contribution in [0, 0.1) is 6.92 Å². The van der Waals surface area contributed by atoms with Gasteiger partial charge < -0.3 is 5.11 Å². The zero-order chi connectivity index (χ0) is 5.70. The van der Waals surface area contributed by atoms with Gasteiger partial charge in [-0.25, -0.2) is 0 Å². The fourth-order valence-electron chi connectivity index (χ4n) is 0.254. The van der Waals surface area contributed by atoms with Gasteiger partial charge in [-0.15, -0.1) is 0 Å². The fourth-order valence-corrected chi connectivity index (χ4v) is 0.762. The van der Waals surface area contributed by atoms with Crippen LogP contribution in [0.1, 0.15) is 6.42 Å². The number of aliphatic hydroxyl groups is 1. The van der Waals surface area contributed by atoms with Gasteiger partial charge in [0.25, 0.3) is 0 Å². The summed E-state index contributed by atoms with van der Waals surface area (Å²) >= 11 is 1.73. The Morgan fingerprint density at radius 1 is 1.75 bits per heavy atom.